The van der Waals surface area contributed by atoms with Gasteiger partial charge in [0.15, 0.2) is 11.6 Å². The number of carbonyl (C=O) groups is 2. The second-order valence-corrected chi connectivity index (χ2v) is 8.37. The number of rotatable bonds is 7. The van der Waals surface area contributed by atoms with Crippen LogP contribution in [0.25, 0.3) is 16.7 Å². The minimum atomic E-state index is -0.963. The molecule has 0 aliphatic rings. The quantitative estimate of drug-likeness (QED) is 0.242. The number of amides is 1. The van der Waals surface area contributed by atoms with Crippen molar-refractivity contribution in [3.8, 4) is 5.75 Å². The highest BCUT2D eigenvalue weighted by molar-refractivity contribution is 5.94. The van der Waals surface area contributed by atoms with Crippen LogP contribution in [0.15, 0.2) is 93.4 Å². The second kappa shape index (κ2) is 10.6. The molecule has 0 N–H and O–H groups in total. The molecule has 192 valence electrons. The van der Waals surface area contributed by atoms with Crippen molar-refractivity contribution in [1.82, 2.24) is 14.0 Å². The molecule has 5 aromatic rings. The largest absolute Gasteiger partial charge is 0.481 e. The normalized spacial score (nSPS) is 12.5. The number of hydrogen-bond acceptors (Lipinski definition) is 7. The molecule has 0 spiro atoms. The van der Waals surface area contributed by atoms with Crippen LogP contribution in [0.2, 0.25) is 0 Å². The molecule has 38 heavy (non-hydrogen) atoms. The number of ether oxygens (including phenoxy) is 2. The Morgan fingerprint density at radius 1 is 1.08 bits per heavy atom. The predicted octanol–water partition coefficient (Wildman–Crippen LogP) is 3.36. The first-order valence-corrected chi connectivity index (χ1v) is 12.0. The van der Waals surface area contributed by atoms with E-state index in [0.717, 1.165) is 0 Å². The number of para-hydroxylation sites is 1. The van der Waals surface area contributed by atoms with E-state index >= 15 is 0 Å². The number of furan rings is 1. The molecule has 10 heteroatoms. The lowest BCUT2D eigenvalue weighted by atomic mass is 10.2. The number of benzene rings is 1. The lowest BCUT2D eigenvalue weighted by molar-refractivity contribution is -0.124. The summed E-state index contributed by atoms with van der Waals surface area (Å²) in [6.07, 6.45) is 2.13. The van der Waals surface area contributed by atoms with Crippen molar-refractivity contribution in [2.75, 3.05) is 6.61 Å². The first kappa shape index (κ1) is 24.7. The smallest absolute Gasteiger partial charge is 0.341 e. The highest BCUT2D eigenvalue weighted by Crippen LogP contribution is 2.15. The number of nitrogens with zero attached hydrogens (tertiary/aromatic N) is 4. The Labute approximate surface area is 216 Å². The zero-order valence-electron chi connectivity index (χ0n) is 20.7. The van der Waals surface area contributed by atoms with Gasteiger partial charge in [0, 0.05) is 6.20 Å². The van der Waals surface area contributed by atoms with E-state index in [1.807, 2.05) is 6.07 Å². The number of fused-ring (bicyclic) bond motifs is 2. The maximum absolute atomic E-state index is 13.4. The fourth-order valence-corrected chi connectivity index (χ4v) is 4.01. The molecule has 0 saturated carbocycles. The third-order valence-electron chi connectivity index (χ3n) is 5.80. The molecule has 5 rings (SSSR count). The van der Waals surface area contributed by atoms with Crippen molar-refractivity contribution in [2.45, 2.75) is 26.5 Å². The third kappa shape index (κ3) is 4.83. The van der Waals surface area contributed by atoms with Crippen LogP contribution in [-0.4, -0.2) is 38.5 Å². The van der Waals surface area contributed by atoms with E-state index in [9.17, 15) is 14.4 Å². The number of carbonyl (C=O) groups excluding carboxylic acids is 2. The van der Waals surface area contributed by atoms with Crippen molar-refractivity contribution < 1.29 is 23.5 Å². The number of aromatic nitrogens is 3. The van der Waals surface area contributed by atoms with Crippen molar-refractivity contribution in [1.29, 1.82) is 0 Å². The van der Waals surface area contributed by atoms with Crippen LogP contribution < -0.4 is 15.8 Å². The van der Waals surface area contributed by atoms with Gasteiger partial charge >= 0.3 is 5.97 Å². The molecule has 1 aromatic carbocycles. The zero-order chi connectivity index (χ0) is 26.6. The van der Waals surface area contributed by atoms with Crippen LogP contribution >= 0.6 is 0 Å². The van der Waals surface area contributed by atoms with Gasteiger partial charge in [-0.3, -0.25) is 14.0 Å². The van der Waals surface area contributed by atoms with Crippen LogP contribution in [0.4, 0.5) is 0 Å². The molecule has 4 aromatic heterocycles. The summed E-state index contributed by atoms with van der Waals surface area (Å²) in [4.78, 5) is 48.8. The van der Waals surface area contributed by atoms with E-state index in [1.54, 1.807) is 74.6 Å². The predicted molar refractivity (Wildman–Crippen MR) is 138 cm³/mol. The molecule has 0 unspecified atom stereocenters. The lowest BCUT2D eigenvalue weighted by Gasteiger charge is -2.15. The van der Waals surface area contributed by atoms with Gasteiger partial charge in [-0.05, 0) is 56.3 Å². The summed E-state index contributed by atoms with van der Waals surface area (Å²) in [5, 5.41) is 0.156. The van der Waals surface area contributed by atoms with Crippen LogP contribution in [0.1, 0.15) is 30.0 Å². The van der Waals surface area contributed by atoms with E-state index in [-0.39, 0.29) is 40.8 Å². The number of hydrogen-bond donors (Lipinski definition) is 0. The van der Waals surface area contributed by atoms with Gasteiger partial charge in [0.05, 0.1) is 24.8 Å². The molecule has 10 nitrogen and oxygen atoms in total. The maximum Gasteiger partial charge on any atom is 0.341 e. The Bertz CT molecular complexity index is 1750. The highest BCUT2D eigenvalue weighted by atomic mass is 16.5. The second-order valence-electron chi connectivity index (χ2n) is 8.37. The maximum atomic E-state index is 13.4. The molecule has 0 aliphatic carbocycles. The topological polar surface area (TPSA) is 117 Å². The Morgan fingerprint density at radius 2 is 1.87 bits per heavy atom. The van der Waals surface area contributed by atoms with E-state index in [0.29, 0.717) is 17.2 Å². The molecule has 0 saturated heterocycles. The molecule has 0 aliphatic heterocycles. The van der Waals surface area contributed by atoms with Crippen LogP contribution in [0.5, 0.6) is 5.75 Å². The molecule has 1 atom stereocenters. The van der Waals surface area contributed by atoms with Crippen LogP contribution in [0, 0.1) is 0 Å². The van der Waals surface area contributed by atoms with Gasteiger partial charge in [-0.1, -0.05) is 24.3 Å². The lowest BCUT2D eigenvalue weighted by Crippen LogP contribution is -2.34. The molecule has 0 fully saturated rings. The van der Waals surface area contributed by atoms with Crippen molar-refractivity contribution >= 4 is 28.6 Å². The fraction of sp³-hybridized carbons (Fsp3) is 0.179. The fourth-order valence-electron chi connectivity index (χ4n) is 4.01. The Kier molecular flexibility index (Phi) is 6.86. The Balaban J connectivity index is 1.78. The number of esters is 1. The van der Waals surface area contributed by atoms with Gasteiger partial charge in [0.2, 0.25) is 0 Å². The summed E-state index contributed by atoms with van der Waals surface area (Å²) in [6, 6.07) is 18.8. The summed E-state index contributed by atoms with van der Waals surface area (Å²) in [5.41, 5.74) is 0.158. The first-order chi connectivity index (χ1) is 18.5. The van der Waals surface area contributed by atoms with E-state index < -0.39 is 18.0 Å². The van der Waals surface area contributed by atoms with Gasteiger partial charge in [0.25, 0.3) is 11.5 Å². The minimum Gasteiger partial charge on any atom is -0.481 e. The first-order valence-electron chi connectivity index (χ1n) is 12.0. The molecular weight excluding hydrogens is 488 g/mol. The zero-order valence-corrected chi connectivity index (χ0v) is 20.7. The molecule has 0 radical (unpaired) electrons. The molecule has 1 amide bonds. The molecule has 4 heterocycles. The average molecular weight is 513 g/mol. The van der Waals surface area contributed by atoms with Crippen LogP contribution in [-0.2, 0) is 16.1 Å². The number of pyridine rings is 2. The van der Waals surface area contributed by atoms with E-state index in [2.05, 4.69) is 9.98 Å². The van der Waals surface area contributed by atoms with Crippen LogP contribution in [0.3, 0.4) is 0 Å². The monoisotopic (exact) mass is 512 g/mol. The highest BCUT2D eigenvalue weighted by Gasteiger charge is 2.22. The molecular formula is C28H24N4O6. The summed E-state index contributed by atoms with van der Waals surface area (Å²) in [5.74, 6) is -0.366. The van der Waals surface area contributed by atoms with E-state index in [1.165, 1.54) is 21.3 Å². The van der Waals surface area contributed by atoms with Gasteiger partial charge in [-0.15, -0.1) is 0 Å². The summed E-state index contributed by atoms with van der Waals surface area (Å²) >= 11 is 0. The average Bonchev–Trinajstić information content (AvgIpc) is 3.44. The summed E-state index contributed by atoms with van der Waals surface area (Å²) in [7, 11) is 0. The Hall–Kier alpha value is -4.99. The molecule has 0 bridgehead atoms. The van der Waals surface area contributed by atoms with Crippen molar-refractivity contribution in [3.05, 3.63) is 106 Å². The SMILES string of the molecule is CCOC(=O)c1cc2c(=O)n3ccccc3nc2n(Cc2ccco2)c1=NC(=O)[C@@H](C)Oc1ccccc1. The van der Waals surface area contributed by atoms with Gasteiger partial charge in [-0.2, -0.15) is 4.99 Å². The minimum absolute atomic E-state index is 0.0203. The van der Waals surface area contributed by atoms with Gasteiger partial charge in [-0.25, -0.2) is 9.78 Å². The summed E-state index contributed by atoms with van der Waals surface area (Å²) < 4.78 is 19.5. The van der Waals surface area contributed by atoms with E-state index in [4.69, 9.17) is 13.9 Å². The third-order valence-corrected chi connectivity index (χ3v) is 5.80. The summed E-state index contributed by atoms with van der Waals surface area (Å²) in [6.45, 7) is 3.37. The standard InChI is InChI=1S/C28H24N4O6/c1-3-36-28(35)22-16-21-24(29-23-13-7-8-14-31(23)27(21)34)32(17-20-12-9-15-37-20)25(22)30-26(33)18(2)38-19-10-5-4-6-11-19/h4-16,18H,3,17H2,1-2H3/t18-/m1/s1. The Morgan fingerprint density at radius 3 is 2.61 bits per heavy atom. The van der Waals surface area contributed by atoms with Crippen molar-refractivity contribution in [3.63, 3.8) is 0 Å². The van der Waals surface area contributed by atoms with Crippen molar-refractivity contribution in [2.24, 2.45) is 4.99 Å². The van der Waals surface area contributed by atoms with Gasteiger partial charge in [0.1, 0.15) is 28.4 Å². The van der Waals surface area contributed by atoms with Gasteiger partial charge < -0.3 is 18.5 Å².